The van der Waals surface area contributed by atoms with Gasteiger partial charge < -0.3 is 14.5 Å². The molecule has 1 aromatic carbocycles. The maximum Gasteiger partial charge on any atom is 0.410 e. The highest BCUT2D eigenvalue weighted by Crippen LogP contribution is 2.27. The van der Waals surface area contributed by atoms with E-state index in [1.165, 1.54) is 0 Å². The third-order valence-electron chi connectivity index (χ3n) is 7.36. The number of hydrogen-bond donors (Lipinski definition) is 0. The van der Waals surface area contributed by atoms with E-state index in [2.05, 4.69) is 10.2 Å². The molecule has 0 N–H and O–H groups in total. The van der Waals surface area contributed by atoms with Crippen molar-refractivity contribution in [3.63, 3.8) is 0 Å². The van der Waals surface area contributed by atoms with Crippen LogP contribution in [0.1, 0.15) is 67.5 Å². The van der Waals surface area contributed by atoms with Crippen LogP contribution in [0.5, 0.6) is 0 Å². The average Bonchev–Trinajstić information content (AvgIpc) is 3.67. The standard InChI is InChI=1S/C30H38N8O3/c1-8-37-20(3)21(14-31-37)16-35(7)28(39)26-24-13-19(2)9-10-25(24)33-27(34-26)22-15-32-38(17-22)23-11-12-36(18-23)29(40)41-30(4,5)6/h9-10,13-15,17,23H,8,11-12,16,18H2,1-7H3. The van der Waals surface area contributed by atoms with Crippen LogP contribution in [0.25, 0.3) is 22.3 Å². The van der Waals surface area contributed by atoms with E-state index in [4.69, 9.17) is 14.7 Å². The van der Waals surface area contributed by atoms with Crippen LogP contribution in [0, 0.1) is 13.8 Å². The Bertz CT molecular complexity index is 1600. The molecule has 4 aromatic rings. The molecule has 1 aliphatic heterocycles. The summed E-state index contributed by atoms with van der Waals surface area (Å²) in [6.45, 7) is 13.9. The second-order valence-corrected chi connectivity index (χ2v) is 11.7. The maximum atomic E-state index is 13.8. The highest BCUT2D eigenvalue weighted by molar-refractivity contribution is 6.05. The Kier molecular flexibility index (Phi) is 7.54. The van der Waals surface area contributed by atoms with Crippen LogP contribution in [-0.4, -0.2) is 77.1 Å². The van der Waals surface area contributed by atoms with Crippen molar-refractivity contribution in [2.45, 2.75) is 72.7 Å². The van der Waals surface area contributed by atoms with Gasteiger partial charge in [0.15, 0.2) is 5.82 Å². The van der Waals surface area contributed by atoms with Gasteiger partial charge in [-0.2, -0.15) is 10.2 Å². The van der Waals surface area contributed by atoms with Crippen molar-refractivity contribution in [3.05, 3.63) is 59.3 Å². The van der Waals surface area contributed by atoms with E-state index in [-0.39, 0.29) is 18.0 Å². The first-order valence-electron chi connectivity index (χ1n) is 14.0. The molecular weight excluding hydrogens is 520 g/mol. The lowest BCUT2D eigenvalue weighted by Gasteiger charge is -2.24. The van der Waals surface area contributed by atoms with Crippen molar-refractivity contribution >= 4 is 22.9 Å². The zero-order valence-corrected chi connectivity index (χ0v) is 24.9. The number of aromatic nitrogens is 6. The molecule has 1 fully saturated rings. The highest BCUT2D eigenvalue weighted by Gasteiger charge is 2.31. The lowest BCUT2D eigenvalue weighted by Crippen LogP contribution is -2.35. The number of rotatable bonds is 6. The molecule has 1 atom stereocenters. The van der Waals surface area contributed by atoms with Crippen molar-refractivity contribution in [2.75, 3.05) is 20.1 Å². The maximum absolute atomic E-state index is 13.8. The van der Waals surface area contributed by atoms with Crippen molar-refractivity contribution in [2.24, 2.45) is 0 Å². The summed E-state index contributed by atoms with van der Waals surface area (Å²) >= 11 is 0. The summed E-state index contributed by atoms with van der Waals surface area (Å²) in [6, 6.07) is 5.86. The second-order valence-electron chi connectivity index (χ2n) is 11.7. The summed E-state index contributed by atoms with van der Waals surface area (Å²) in [7, 11) is 1.78. The summed E-state index contributed by atoms with van der Waals surface area (Å²) in [5, 5.41) is 9.70. The van der Waals surface area contributed by atoms with Crippen molar-refractivity contribution in [3.8, 4) is 11.4 Å². The van der Waals surface area contributed by atoms with Gasteiger partial charge in [0.1, 0.15) is 11.3 Å². The number of benzene rings is 1. The number of nitrogens with zero attached hydrogens (tertiary/aromatic N) is 8. The molecule has 216 valence electrons. The first kappa shape index (κ1) is 28.3. The Morgan fingerprint density at radius 3 is 2.61 bits per heavy atom. The minimum atomic E-state index is -0.542. The molecule has 0 aliphatic carbocycles. The topological polar surface area (TPSA) is 111 Å². The summed E-state index contributed by atoms with van der Waals surface area (Å²) in [5.74, 6) is 0.241. The SMILES string of the molecule is CCn1ncc(CN(C)C(=O)c2nc(-c3cnn(C4CCN(C(=O)OC(C)(C)C)C4)c3)nc3ccc(C)cc23)c1C. The minimum Gasteiger partial charge on any atom is -0.444 e. The molecule has 4 heterocycles. The number of fused-ring (bicyclic) bond motifs is 1. The lowest BCUT2D eigenvalue weighted by molar-refractivity contribution is 0.0288. The van der Waals surface area contributed by atoms with Crippen LogP contribution in [0.2, 0.25) is 0 Å². The van der Waals surface area contributed by atoms with Crippen molar-refractivity contribution in [1.82, 2.24) is 39.3 Å². The quantitative estimate of drug-likeness (QED) is 0.335. The fourth-order valence-electron chi connectivity index (χ4n) is 5.10. The summed E-state index contributed by atoms with van der Waals surface area (Å²) in [4.78, 5) is 39.3. The number of hydrogen-bond acceptors (Lipinski definition) is 7. The van der Waals surface area contributed by atoms with Crippen LogP contribution in [0.3, 0.4) is 0 Å². The van der Waals surface area contributed by atoms with Crippen LogP contribution in [0.15, 0.2) is 36.8 Å². The van der Waals surface area contributed by atoms with E-state index >= 15 is 0 Å². The summed E-state index contributed by atoms with van der Waals surface area (Å²) in [5.41, 5.74) is 4.27. The smallest absolute Gasteiger partial charge is 0.410 e. The third kappa shape index (κ3) is 5.94. The first-order chi connectivity index (χ1) is 19.4. The molecule has 5 rings (SSSR count). The highest BCUT2D eigenvalue weighted by atomic mass is 16.6. The van der Waals surface area contributed by atoms with Gasteiger partial charge >= 0.3 is 6.09 Å². The number of amides is 2. The van der Waals surface area contributed by atoms with Gasteiger partial charge in [-0.3, -0.25) is 14.2 Å². The van der Waals surface area contributed by atoms with E-state index in [1.54, 1.807) is 23.0 Å². The molecule has 0 saturated carbocycles. The zero-order valence-electron chi connectivity index (χ0n) is 24.9. The van der Waals surface area contributed by atoms with Gasteiger partial charge in [0.05, 0.1) is 29.5 Å². The van der Waals surface area contributed by atoms with E-state index in [9.17, 15) is 9.59 Å². The van der Waals surface area contributed by atoms with Gasteiger partial charge in [0, 0.05) is 56.1 Å². The number of ether oxygens (including phenoxy) is 1. The predicted octanol–water partition coefficient (Wildman–Crippen LogP) is 4.78. The fraction of sp³-hybridized carbons (Fsp3) is 0.467. The second kappa shape index (κ2) is 10.9. The van der Waals surface area contributed by atoms with Crippen LogP contribution < -0.4 is 0 Å². The number of carbonyl (C=O) groups is 2. The monoisotopic (exact) mass is 558 g/mol. The average molecular weight is 559 g/mol. The van der Waals surface area contributed by atoms with E-state index in [0.29, 0.717) is 47.6 Å². The Morgan fingerprint density at radius 2 is 1.90 bits per heavy atom. The minimum absolute atomic E-state index is 0.0129. The Hall–Kier alpha value is -4.28. The molecule has 0 spiro atoms. The predicted molar refractivity (Wildman–Crippen MR) is 155 cm³/mol. The molecule has 11 heteroatoms. The zero-order chi connectivity index (χ0) is 29.5. The van der Waals surface area contributed by atoms with Crippen LogP contribution in [-0.2, 0) is 17.8 Å². The normalized spacial score (nSPS) is 15.5. The Balaban J connectivity index is 1.41. The van der Waals surface area contributed by atoms with Gasteiger partial charge in [0.2, 0.25) is 0 Å². The molecule has 41 heavy (non-hydrogen) atoms. The number of carbonyl (C=O) groups excluding carboxylic acids is 2. The molecular formula is C30H38N8O3. The molecule has 0 bridgehead atoms. The van der Waals surface area contributed by atoms with Crippen LogP contribution in [0.4, 0.5) is 4.79 Å². The molecule has 11 nitrogen and oxygen atoms in total. The van der Waals surface area contributed by atoms with Gasteiger partial charge in [-0.25, -0.2) is 14.8 Å². The van der Waals surface area contributed by atoms with Crippen molar-refractivity contribution < 1.29 is 14.3 Å². The summed E-state index contributed by atoms with van der Waals surface area (Å²) in [6.07, 6.45) is 5.87. The van der Waals surface area contributed by atoms with E-state index in [0.717, 1.165) is 29.8 Å². The lowest BCUT2D eigenvalue weighted by atomic mass is 10.1. The molecule has 1 unspecified atom stereocenters. The Labute approximate surface area is 240 Å². The molecule has 0 radical (unpaired) electrons. The first-order valence-corrected chi connectivity index (χ1v) is 14.0. The molecule has 1 aliphatic rings. The third-order valence-corrected chi connectivity index (χ3v) is 7.36. The van der Waals surface area contributed by atoms with Gasteiger partial charge in [-0.15, -0.1) is 0 Å². The Morgan fingerprint density at radius 1 is 1.12 bits per heavy atom. The van der Waals surface area contributed by atoms with E-state index < -0.39 is 5.60 Å². The number of aryl methyl sites for hydroxylation is 2. The van der Waals surface area contributed by atoms with E-state index in [1.807, 2.05) is 81.5 Å². The fourth-order valence-corrected chi connectivity index (χ4v) is 5.10. The number of likely N-dealkylation sites (tertiary alicyclic amines) is 1. The molecule has 1 saturated heterocycles. The molecule has 3 aromatic heterocycles. The summed E-state index contributed by atoms with van der Waals surface area (Å²) < 4.78 is 9.30. The van der Waals surface area contributed by atoms with Gasteiger partial charge in [-0.05, 0) is 60.1 Å². The van der Waals surface area contributed by atoms with Crippen LogP contribution >= 0.6 is 0 Å². The largest absolute Gasteiger partial charge is 0.444 e. The van der Waals surface area contributed by atoms with Crippen molar-refractivity contribution in [1.29, 1.82) is 0 Å². The van der Waals surface area contributed by atoms with Gasteiger partial charge in [0.25, 0.3) is 5.91 Å². The van der Waals surface area contributed by atoms with Gasteiger partial charge in [-0.1, -0.05) is 11.6 Å². The molecule has 2 amide bonds.